The van der Waals surface area contributed by atoms with Crippen molar-refractivity contribution in [3.05, 3.63) is 0 Å². The maximum absolute atomic E-state index is 11.9. The standard InChI is InChI=1S/C13H23N3O3/c1-13(2,3)19-12(18)16-6-8-9(7-16)10(8)14-11(17)15(4)5/h8-10H,6-7H2,1-5H3,(H,14,17)/t8-,9-/m0/s1. The lowest BCUT2D eigenvalue weighted by molar-refractivity contribution is 0.0270. The Kier molecular flexibility index (Phi) is 3.36. The van der Waals surface area contributed by atoms with Crippen LogP contribution >= 0.6 is 0 Å². The van der Waals surface area contributed by atoms with Crippen molar-refractivity contribution in [1.29, 1.82) is 0 Å². The SMILES string of the molecule is CN(C)C(=O)NC1[C@H]2CN(C(=O)OC(C)(C)C)C[C@H]12. The van der Waals surface area contributed by atoms with Crippen molar-refractivity contribution in [3.8, 4) is 0 Å². The summed E-state index contributed by atoms with van der Waals surface area (Å²) in [5.41, 5.74) is -0.456. The zero-order valence-electron chi connectivity index (χ0n) is 12.3. The largest absolute Gasteiger partial charge is 0.444 e. The number of hydrogen-bond acceptors (Lipinski definition) is 3. The molecule has 0 aromatic carbocycles. The number of carbonyl (C=O) groups is 2. The lowest BCUT2D eigenvalue weighted by Gasteiger charge is -2.26. The highest BCUT2D eigenvalue weighted by molar-refractivity contribution is 5.75. The minimum atomic E-state index is -0.456. The molecule has 19 heavy (non-hydrogen) atoms. The quantitative estimate of drug-likeness (QED) is 0.776. The van der Waals surface area contributed by atoms with Gasteiger partial charge in [-0.25, -0.2) is 9.59 Å². The number of rotatable bonds is 1. The number of nitrogens with zero attached hydrogens (tertiary/aromatic N) is 2. The Morgan fingerprint density at radius 1 is 1.21 bits per heavy atom. The van der Waals surface area contributed by atoms with E-state index in [2.05, 4.69) is 5.32 Å². The van der Waals surface area contributed by atoms with Crippen molar-refractivity contribution < 1.29 is 14.3 Å². The van der Waals surface area contributed by atoms with E-state index in [1.165, 1.54) is 4.90 Å². The van der Waals surface area contributed by atoms with Gasteiger partial charge in [-0.05, 0) is 20.8 Å². The minimum Gasteiger partial charge on any atom is -0.444 e. The summed E-state index contributed by atoms with van der Waals surface area (Å²) >= 11 is 0. The number of likely N-dealkylation sites (tertiary alicyclic amines) is 1. The lowest BCUT2D eigenvalue weighted by Crippen LogP contribution is -2.42. The lowest BCUT2D eigenvalue weighted by atomic mass is 10.2. The molecule has 1 saturated carbocycles. The Hall–Kier alpha value is -1.46. The maximum Gasteiger partial charge on any atom is 0.410 e. The Morgan fingerprint density at radius 2 is 1.74 bits per heavy atom. The summed E-state index contributed by atoms with van der Waals surface area (Å²) < 4.78 is 5.34. The first kappa shape index (κ1) is 14.0. The van der Waals surface area contributed by atoms with Crippen LogP contribution in [0.3, 0.4) is 0 Å². The third-order valence-corrected chi connectivity index (χ3v) is 3.54. The fourth-order valence-electron chi connectivity index (χ4n) is 2.49. The number of fused-ring (bicyclic) bond motifs is 1. The van der Waals surface area contributed by atoms with Gasteiger partial charge in [0.25, 0.3) is 0 Å². The van der Waals surface area contributed by atoms with E-state index >= 15 is 0 Å². The van der Waals surface area contributed by atoms with Crippen LogP contribution < -0.4 is 5.32 Å². The molecule has 0 unspecified atom stereocenters. The summed E-state index contributed by atoms with van der Waals surface area (Å²) in [5, 5.41) is 2.97. The summed E-state index contributed by atoms with van der Waals surface area (Å²) in [6.45, 7) is 6.95. The molecule has 2 aliphatic rings. The topological polar surface area (TPSA) is 61.9 Å². The van der Waals surface area contributed by atoms with Crippen LogP contribution in [-0.2, 0) is 4.74 Å². The van der Waals surface area contributed by atoms with Crippen LogP contribution in [0.5, 0.6) is 0 Å². The smallest absolute Gasteiger partial charge is 0.410 e. The minimum absolute atomic E-state index is 0.0665. The van der Waals surface area contributed by atoms with E-state index in [-0.39, 0.29) is 18.2 Å². The Balaban J connectivity index is 1.78. The van der Waals surface area contributed by atoms with Crippen molar-refractivity contribution in [1.82, 2.24) is 15.1 Å². The summed E-state index contributed by atoms with van der Waals surface area (Å²) in [4.78, 5) is 26.7. The number of carbonyl (C=O) groups excluding carboxylic acids is 2. The molecule has 1 aliphatic heterocycles. The highest BCUT2D eigenvalue weighted by Gasteiger charge is 2.58. The highest BCUT2D eigenvalue weighted by atomic mass is 16.6. The molecule has 1 N–H and O–H groups in total. The van der Waals surface area contributed by atoms with E-state index in [9.17, 15) is 9.59 Å². The van der Waals surface area contributed by atoms with E-state index in [4.69, 9.17) is 4.74 Å². The van der Waals surface area contributed by atoms with Crippen molar-refractivity contribution in [2.45, 2.75) is 32.4 Å². The number of amides is 3. The zero-order chi connectivity index (χ0) is 14.4. The summed E-state index contributed by atoms with van der Waals surface area (Å²) in [7, 11) is 3.45. The molecule has 6 nitrogen and oxygen atoms in total. The van der Waals surface area contributed by atoms with Gasteiger partial charge >= 0.3 is 12.1 Å². The average Bonchev–Trinajstić information content (AvgIpc) is 2.72. The van der Waals surface area contributed by atoms with Crippen LogP contribution in [0.1, 0.15) is 20.8 Å². The van der Waals surface area contributed by atoms with Crippen LogP contribution in [0.4, 0.5) is 9.59 Å². The molecule has 1 aliphatic carbocycles. The fourth-order valence-corrected chi connectivity index (χ4v) is 2.49. The third kappa shape index (κ3) is 3.11. The van der Waals surface area contributed by atoms with Crippen molar-refractivity contribution in [3.63, 3.8) is 0 Å². The summed E-state index contributed by atoms with van der Waals surface area (Å²) in [6, 6.07) is 0.150. The molecule has 1 saturated heterocycles. The van der Waals surface area contributed by atoms with Gasteiger partial charge < -0.3 is 19.9 Å². The van der Waals surface area contributed by atoms with Gasteiger partial charge in [0.1, 0.15) is 5.60 Å². The van der Waals surface area contributed by atoms with Gasteiger partial charge in [-0.2, -0.15) is 0 Å². The number of nitrogens with one attached hydrogen (secondary N) is 1. The Labute approximate surface area is 114 Å². The first-order valence-corrected chi connectivity index (χ1v) is 6.65. The van der Waals surface area contributed by atoms with Gasteiger partial charge in [-0.15, -0.1) is 0 Å². The van der Waals surface area contributed by atoms with Gasteiger partial charge in [0.2, 0.25) is 0 Å². The van der Waals surface area contributed by atoms with Crippen LogP contribution in [0.2, 0.25) is 0 Å². The van der Waals surface area contributed by atoms with E-state index in [0.717, 1.165) is 0 Å². The second kappa shape index (κ2) is 4.58. The molecule has 0 aromatic rings. The van der Waals surface area contributed by atoms with Gasteiger partial charge in [0.15, 0.2) is 0 Å². The second-order valence-electron chi connectivity index (χ2n) is 6.58. The van der Waals surface area contributed by atoms with Crippen LogP contribution in [0, 0.1) is 11.8 Å². The normalized spacial score (nSPS) is 28.7. The predicted molar refractivity (Wildman–Crippen MR) is 70.8 cm³/mol. The highest BCUT2D eigenvalue weighted by Crippen LogP contribution is 2.45. The number of ether oxygens (including phenoxy) is 1. The molecule has 3 amide bonds. The van der Waals surface area contributed by atoms with Crippen LogP contribution in [0.15, 0.2) is 0 Å². The molecule has 1 heterocycles. The number of hydrogen-bond donors (Lipinski definition) is 1. The maximum atomic E-state index is 11.9. The van der Waals surface area contributed by atoms with Crippen molar-refractivity contribution >= 4 is 12.1 Å². The van der Waals surface area contributed by atoms with Gasteiger partial charge in [0.05, 0.1) is 0 Å². The molecule has 108 valence electrons. The summed E-state index contributed by atoms with van der Waals surface area (Å²) in [5.74, 6) is 0.771. The predicted octanol–water partition coefficient (Wildman–Crippen LogP) is 1.12. The molecule has 0 bridgehead atoms. The zero-order valence-corrected chi connectivity index (χ0v) is 12.3. The third-order valence-electron chi connectivity index (χ3n) is 3.54. The average molecular weight is 269 g/mol. The van der Waals surface area contributed by atoms with Gasteiger partial charge in [0, 0.05) is 45.1 Å². The molecule has 0 radical (unpaired) electrons. The monoisotopic (exact) mass is 269 g/mol. The molecule has 0 spiro atoms. The fraction of sp³-hybridized carbons (Fsp3) is 0.846. The molecular formula is C13H23N3O3. The van der Waals surface area contributed by atoms with Crippen LogP contribution in [-0.4, -0.2) is 60.8 Å². The van der Waals surface area contributed by atoms with Gasteiger partial charge in [-0.1, -0.05) is 0 Å². The molecule has 6 heteroatoms. The van der Waals surface area contributed by atoms with E-state index in [0.29, 0.717) is 24.9 Å². The second-order valence-corrected chi connectivity index (χ2v) is 6.58. The van der Waals surface area contributed by atoms with Crippen LogP contribution in [0.25, 0.3) is 0 Å². The van der Waals surface area contributed by atoms with E-state index in [1.807, 2.05) is 20.8 Å². The first-order chi connectivity index (χ1) is 8.69. The molecular weight excluding hydrogens is 246 g/mol. The number of piperidine rings is 1. The number of urea groups is 1. The van der Waals surface area contributed by atoms with Crippen molar-refractivity contribution in [2.75, 3.05) is 27.2 Å². The van der Waals surface area contributed by atoms with E-state index in [1.54, 1.807) is 19.0 Å². The van der Waals surface area contributed by atoms with E-state index < -0.39 is 5.60 Å². The molecule has 0 aromatic heterocycles. The molecule has 2 atom stereocenters. The summed E-state index contributed by atoms with van der Waals surface area (Å²) in [6.07, 6.45) is -0.252. The van der Waals surface area contributed by atoms with Gasteiger partial charge in [-0.3, -0.25) is 0 Å². The Morgan fingerprint density at radius 3 is 2.16 bits per heavy atom. The molecule has 2 rings (SSSR count). The Bertz CT molecular complexity index is 377. The molecule has 2 fully saturated rings. The first-order valence-electron chi connectivity index (χ1n) is 6.65. The van der Waals surface area contributed by atoms with Crippen molar-refractivity contribution in [2.24, 2.45) is 11.8 Å².